The van der Waals surface area contributed by atoms with Gasteiger partial charge in [0.1, 0.15) is 0 Å². The maximum atomic E-state index is 9.80. The lowest BCUT2D eigenvalue weighted by Gasteiger charge is -2.09. The number of aromatic nitrogens is 4. The summed E-state index contributed by atoms with van der Waals surface area (Å²) in [5, 5.41) is 22.3. The highest BCUT2D eigenvalue weighted by Crippen LogP contribution is 2.21. The molecular weight excluding hydrogens is 252 g/mol. The van der Waals surface area contributed by atoms with Crippen LogP contribution < -0.4 is 0 Å². The third-order valence-electron chi connectivity index (χ3n) is 3.05. The van der Waals surface area contributed by atoms with Crippen molar-refractivity contribution < 1.29 is 5.11 Å². The first-order chi connectivity index (χ1) is 9.75. The highest BCUT2D eigenvalue weighted by Gasteiger charge is 2.12. The number of tetrazole rings is 1. The molecule has 0 aliphatic rings. The molecule has 2 aromatic carbocycles. The van der Waals surface area contributed by atoms with Gasteiger partial charge in [-0.1, -0.05) is 48.5 Å². The fraction of sp³-hybridized carbons (Fsp3) is 0.133. The summed E-state index contributed by atoms with van der Waals surface area (Å²) in [6.07, 6.45) is -0.586. The minimum atomic E-state index is -0.586. The van der Waals surface area contributed by atoms with Crippen LogP contribution in [0.2, 0.25) is 0 Å². The molecule has 3 rings (SSSR count). The Kier molecular flexibility index (Phi) is 3.26. The van der Waals surface area contributed by atoms with Crippen molar-refractivity contribution in [2.24, 2.45) is 0 Å². The number of rotatable bonds is 3. The fourth-order valence-corrected chi connectivity index (χ4v) is 2.04. The van der Waals surface area contributed by atoms with E-state index in [1.54, 1.807) is 6.92 Å². The lowest BCUT2D eigenvalue weighted by molar-refractivity contribution is 0.198. The Hall–Kier alpha value is -2.53. The molecule has 0 fully saturated rings. The Labute approximate surface area is 116 Å². The minimum absolute atomic E-state index is 0.561. The maximum Gasteiger partial charge on any atom is 0.205 e. The highest BCUT2D eigenvalue weighted by atomic mass is 16.3. The van der Waals surface area contributed by atoms with E-state index in [0.717, 1.165) is 16.8 Å². The smallest absolute Gasteiger partial charge is 0.205 e. The van der Waals surface area contributed by atoms with Gasteiger partial charge in [-0.3, -0.25) is 0 Å². The van der Waals surface area contributed by atoms with E-state index < -0.39 is 6.10 Å². The summed E-state index contributed by atoms with van der Waals surface area (Å²) in [6.45, 7) is 1.72. The normalized spacial score (nSPS) is 12.3. The van der Waals surface area contributed by atoms with Gasteiger partial charge < -0.3 is 5.11 Å². The Bertz CT molecular complexity index is 707. The molecule has 1 aromatic heterocycles. The Morgan fingerprint density at radius 3 is 2.45 bits per heavy atom. The Morgan fingerprint density at radius 1 is 1.00 bits per heavy atom. The van der Waals surface area contributed by atoms with Crippen LogP contribution in [0.5, 0.6) is 0 Å². The summed E-state index contributed by atoms with van der Waals surface area (Å²) in [5.41, 5.74) is 2.41. The third kappa shape index (κ3) is 2.31. The van der Waals surface area contributed by atoms with E-state index in [4.69, 9.17) is 0 Å². The van der Waals surface area contributed by atoms with Gasteiger partial charge in [-0.15, -0.1) is 15.0 Å². The van der Waals surface area contributed by atoms with E-state index in [-0.39, 0.29) is 0 Å². The summed E-state index contributed by atoms with van der Waals surface area (Å²) in [4.78, 5) is 1.45. The van der Waals surface area contributed by atoms with Crippen LogP contribution >= 0.6 is 0 Å². The first-order valence-electron chi connectivity index (χ1n) is 6.38. The molecule has 100 valence electrons. The summed E-state index contributed by atoms with van der Waals surface area (Å²) in [7, 11) is 0. The average Bonchev–Trinajstić information content (AvgIpc) is 2.98. The Morgan fingerprint density at radius 2 is 1.70 bits per heavy atom. The molecule has 0 spiro atoms. The summed E-state index contributed by atoms with van der Waals surface area (Å²) >= 11 is 0. The molecule has 5 heteroatoms. The molecule has 0 aliphatic carbocycles. The van der Waals surface area contributed by atoms with Crippen LogP contribution in [-0.4, -0.2) is 25.3 Å². The lowest BCUT2D eigenvalue weighted by atomic mass is 10.1. The minimum Gasteiger partial charge on any atom is -0.389 e. The molecule has 0 saturated heterocycles. The molecule has 0 unspecified atom stereocenters. The van der Waals surface area contributed by atoms with E-state index in [1.807, 2.05) is 54.6 Å². The molecule has 0 aliphatic heterocycles. The third-order valence-corrected chi connectivity index (χ3v) is 3.05. The Balaban J connectivity index is 2.03. The predicted octanol–water partition coefficient (Wildman–Crippen LogP) is 2.38. The van der Waals surface area contributed by atoms with Crippen molar-refractivity contribution in [1.29, 1.82) is 0 Å². The van der Waals surface area contributed by atoms with Gasteiger partial charge in [-0.05, 0) is 18.2 Å². The zero-order valence-corrected chi connectivity index (χ0v) is 11.0. The topological polar surface area (TPSA) is 63.8 Å². The summed E-state index contributed by atoms with van der Waals surface area (Å²) < 4.78 is 0. The number of para-hydroxylation sites is 1. The average molecular weight is 266 g/mol. The summed E-state index contributed by atoms with van der Waals surface area (Å²) in [5.74, 6) is 0.561. The van der Waals surface area contributed by atoms with E-state index in [1.165, 1.54) is 4.80 Å². The SMILES string of the molecule is C[C@H](O)c1ccccc1-n1nnc(-c2ccccc2)n1. The molecule has 0 radical (unpaired) electrons. The zero-order chi connectivity index (χ0) is 13.9. The van der Waals surface area contributed by atoms with Gasteiger partial charge >= 0.3 is 0 Å². The van der Waals surface area contributed by atoms with Crippen molar-refractivity contribution in [2.45, 2.75) is 13.0 Å². The van der Waals surface area contributed by atoms with Crippen LogP contribution in [0.15, 0.2) is 54.6 Å². The fourth-order valence-electron chi connectivity index (χ4n) is 2.04. The van der Waals surface area contributed by atoms with Gasteiger partial charge in [0.15, 0.2) is 0 Å². The van der Waals surface area contributed by atoms with Crippen molar-refractivity contribution in [1.82, 2.24) is 20.2 Å². The van der Waals surface area contributed by atoms with Crippen LogP contribution in [0.1, 0.15) is 18.6 Å². The number of hydrogen-bond donors (Lipinski definition) is 1. The second-order valence-electron chi connectivity index (χ2n) is 4.50. The van der Waals surface area contributed by atoms with Crippen LogP contribution in [0.3, 0.4) is 0 Å². The number of hydrogen-bond acceptors (Lipinski definition) is 4. The molecule has 5 nitrogen and oxygen atoms in total. The van der Waals surface area contributed by atoms with Crippen LogP contribution in [0.4, 0.5) is 0 Å². The van der Waals surface area contributed by atoms with Gasteiger partial charge in [-0.2, -0.15) is 0 Å². The largest absolute Gasteiger partial charge is 0.389 e. The van der Waals surface area contributed by atoms with Gasteiger partial charge in [0.2, 0.25) is 5.82 Å². The number of aliphatic hydroxyl groups is 1. The van der Waals surface area contributed by atoms with Crippen molar-refractivity contribution >= 4 is 0 Å². The zero-order valence-electron chi connectivity index (χ0n) is 11.0. The molecule has 0 amide bonds. The van der Waals surface area contributed by atoms with Crippen molar-refractivity contribution in [3.8, 4) is 17.1 Å². The maximum absolute atomic E-state index is 9.80. The standard InChI is InChI=1S/C15H14N4O/c1-11(20)13-9-5-6-10-14(13)19-17-15(16-18-19)12-7-3-2-4-8-12/h2-11,20H,1H3/t11-/m0/s1. The first kappa shape index (κ1) is 12.5. The molecule has 1 N–H and O–H groups in total. The molecular formula is C15H14N4O. The molecule has 20 heavy (non-hydrogen) atoms. The van der Waals surface area contributed by atoms with Gasteiger partial charge in [0.25, 0.3) is 0 Å². The van der Waals surface area contributed by atoms with Gasteiger partial charge in [0, 0.05) is 11.1 Å². The molecule has 0 saturated carbocycles. The number of benzene rings is 2. The van der Waals surface area contributed by atoms with E-state index in [2.05, 4.69) is 15.4 Å². The second kappa shape index (κ2) is 5.22. The van der Waals surface area contributed by atoms with Crippen LogP contribution in [0, 0.1) is 0 Å². The first-order valence-corrected chi connectivity index (χ1v) is 6.38. The van der Waals surface area contributed by atoms with E-state index in [9.17, 15) is 5.11 Å². The van der Waals surface area contributed by atoms with Crippen molar-refractivity contribution in [2.75, 3.05) is 0 Å². The second-order valence-corrected chi connectivity index (χ2v) is 4.50. The summed E-state index contributed by atoms with van der Waals surface area (Å²) in [6, 6.07) is 17.1. The lowest BCUT2D eigenvalue weighted by Crippen LogP contribution is -2.05. The van der Waals surface area contributed by atoms with Crippen LogP contribution in [-0.2, 0) is 0 Å². The van der Waals surface area contributed by atoms with Crippen molar-refractivity contribution in [3.05, 3.63) is 60.2 Å². The van der Waals surface area contributed by atoms with E-state index >= 15 is 0 Å². The monoisotopic (exact) mass is 266 g/mol. The molecule has 3 aromatic rings. The quantitative estimate of drug-likeness (QED) is 0.790. The molecule has 1 atom stereocenters. The van der Waals surface area contributed by atoms with Crippen LogP contribution in [0.25, 0.3) is 17.1 Å². The predicted molar refractivity (Wildman–Crippen MR) is 75.2 cm³/mol. The van der Waals surface area contributed by atoms with Gasteiger partial charge in [-0.25, -0.2) is 0 Å². The molecule has 0 bridgehead atoms. The van der Waals surface area contributed by atoms with Crippen molar-refractivity contribution in [3.63, 3.8) is 0 Å². The van der Waals surface area contributed by atoms with E-state index in [0.29, 0.717) is 5.82 Å². The highest BCUT2D eigenvalue weighted by molar-refractivity contribution is 5.53. The van der Waals surface area contributed by atoms with Gasteiger partial charge in [0.05, 0.1) is 11.8 Å². The molecule has 1 heterocycles. The number of aliphatic hydroxyl groups excluding tert-OH is 1. The number of nitrogens with zero attached hydrogens (tertiary/aromatic N) is 4.